The average molecular weight is 302 g/mol. The van der Waals surface area contributed by atoms with Gasteiger partial charge in [-0.3, -0.25) is 0 Å². The second-order valence-electron chi connectivity index (χ2n) is 5.24. The first kappa shape index (κ1) is 16.1. The molecule has 1 N–H and O–H groups in total. The van der Waals surface area contributed by atoms with Crippen molar-refractivity contribution in [1.29, 1.82) is 0 Å². The van der Waals surface area contributed by atoms with E-state index in [1.54, 1.807) is 12.1 Å². The minimum absolute atomic E-state index is 0.0828. The maximum atomic E-state index is 13.2. The molecule has 0 saturated carbocycles. The monoisotopic (exact) mass is 302 g/mol. The highest BCUT2D eigenvalue weighted by Crippen LogP contribution is 2.35. The Kier molecular flexibility index (Phi) is 5.11. The highest BCUT2D eigenvalue weighted by atomic mass is 19.4. The number of hydrogen-bond donors (Lipinski definition) is 1. The zero-order chi connectivity index (χ0) is 15.5. The van der Waals surface area contributed by atoms with E-state index >= 15 is 0 Å². The van der Waals surface area contributed by atoms with E-state index in [4.69, 9.17) is 4.74 Å². The summed E-state index contributed by atoms with van der Waals surface area (Å²) in [6.07, 6.45) is -4.34. The van der Waals surface area contributed by atoms with Crippen molar-refractivity contribution < 1.29 is 17.9 Å². The van der Waals surface area contributed by atoms with Crippen molar-refractivity contribution in [3.63, 3.8) is 0 Å². The first-order valence-electron chi connectivity index (χ1n) is 7.18. The average Bonchev–Trinajstić information content (AvgIpc) is 2.44. The zero-order valence-electron chi connectivity index (χ0n) is 12.3. The van der Waals surface area contributed by atoms with Crippen LogP contribution in [0.5, 0.6) is 0 Å². The van der Waals surface area contributed by atoms with Crippen molar-refractivity contribution in [2.24, 2.45) is 0 Å². The van der Waals surface area contributed by atoms with Crippen LogP contribution in [-0.2, 0) is 17.5 Å². The molecule has 0 radical (unpaired) electrons. The molecule has 1 aliphatic rings. The molecule has 1 saturated heterocycles. The third kappa shape index (κ3) is 3.89. The molecule has 3 nitrogen and oxygen atoms in total. The highest BCUT2D eigenvalue weighted by molar-refractivity contribution is 5.53. The number of nitrogens with one attached hydrogen (secondary N) is 1. The van der Waals surface area contributed by atoms with Crippen LogP contribution in [0.4, 0.5) is 18.9 Å². The Labute approximate surface area is 123 Å². The Morgan fingerprint density at radius 3 is 2.76 bits per heavy atom. The molecule has 1 unspecified atom stereocenters. The molecular formula is C15H21F3N2O. The summed E-state index contributed by atoms with van der Waals surface area (Å²) in [5.41, 5.74) is 0.340. The van der Waals surface area contributed by atoms with Gasteiger partial charge >= 0.3 is 6.18 Å². The van der Waals surface area contributed by atoms with Crippen LogP contribution in [0, 0.1) is 0 Å². The molecule has 1 aromatic rings. The normalized spacial score (nSPS) is 19.9. The number of benzene rings is 1. The molecular weight excluding hydrogens is 281 g/mol. The molecule has 0 aromatic heterocycles. The van der Waals surface area contributed by atoms with Crippen molar-refractivity contribution in [3.05, 3.63) is 29.3 Å². The molecule has 1 heterocycles. The van der Waals surface area contributed by atoms with E-state index in [1.807, 2.05) is 18.7 Å². The molecule has 0 bridgehead atoms. The first-order valence-corrected chi connectivity index (χ1v) is 7.18. The van der Waals surface area contributed by atoms with E-state index in [-0.39, 0.29) is 18.2 Å². The summed E-state index contributed by atoms with van der Waals surface area (Å²) in [5.74, 6) is 0. The van der Waals surface area contributed by atoms with Gasteiger partial charge in [-0.15, -0.1) is 0 Å². The van der Waals surface area contributed by atoms with Crippen LogP contribution in [-0.4, -0.2) is 32.3 Å². The number of rotatable bonds is 4. The summed E-state index contributed by atoms with van der Waals surface area (Å²) in [4.78, 5) is 1.97. The van der Waals surface area contributed by atoms with Crippen LogP contribution in [0.25, 0.3) is 0 Å². The maximum absolute atomic E-state index is 13.2. The van der Waals surface area contributed by atoms with Gasteiger partial charge in [0.15, 0.2) is 0 Å². The Bertz CT molecular complexity index is 476. The molecule has 118 valence electrons. The van der Waals surface area contributed by atoms with Crippen molar-refractivity contribution in [2.45, 2.75) is 32.6 Å². The molecule has 1 aliphatic heterocycles. The summed E-state index contributed by atoms with van der Waals surface area (Å²) >= 11 is 0. The standard InChI is InChI=1S/C15H21F3N2O/c1-3-19-9-12-4-5-13(8-14(12)15(16,17)18)20-6-7-21-10-11(20)2/h4-5,8,11,19H,3,6-7,9-10H2,1-2H3. The van der Waals surface area contributed by atoms with Gasteiger partial charge in [0.05, 0.1) is 18.8 Å². The van der Waals surface area contributed by atoms with Crippen LogP contribution in [0.3, 0.4) is 0 Å². The van der Waals surface area contributed by atoms with E-state index in [0.717, 1.165) is 0 Å². The number of alkyl halides is 3. The number of morpholine rings is 1. The van der Waals surface area contributed by atoms with Crippen molar-refractivity contribution >= 4 is 5.69 Å². The minimum atomic E-state index is -4.34. The summed E-state index contributed by atoms with van der Waals surface area (Å²) in [5, 5.41) is 2.95. The van der Waals surface area contributed by atoms with Gasteiger partial charge in [-0.25, -0.2) is 0 Å². The Hall–Kier alpha value is -1.27. The lowest BCUT2D eigenvalue weighted by atomic mass is 10.0. The molecule has 0 spiro atoms. The Balaban J connectivity index is 2.32. The Morgan fingerprint density at radius 1 is 1.38 bits per heavy atom. The molecule has 1 aromatic carbocycles. The lowest BCUT2D eigenvalue weighted by molar-refractivity contribution is -0.138. The molecule has 2 rings (SSSR count). The van der Waals surface area contributed by atoms with Crippen molar-refractivity contribution in [2.75, 3.05) is 31.2 Å². The topological polar surface area (TPSA) is 24.5 Å². The number of nitrogens with zero attached hydrogens (tertiary/aromatic N) is 1. The van der Waals surface area contributed by atoms with E-state index < -0.39 is 11.7 Å². The fourth-order valence-corrected chi connectivity index (χ4v) is 2.53. The van der Waals surface area contributed by atoms with Crippen LogP contribution < -0.4 is 10.2 Å². The number of halogens is 3. The number of ether oxygens (including phenoxy) is 1. The van der Waals surface area contributed by atoms with Gasteiger partial charge in [0, 0.05) is 24.8 Å². The zero-order valence-corrected chi connectivity index (χ0v) is 12.3. The second-order valence-corrected chi connectivity index (χ2v) is 5.24. The maximum Gasteiger partial charge on any atom is 0.416 e. The minimum Gasteiger partial charge on any atom is -0.377 e. The van der Waals surface area contributed by atoms with Crippen molar-refractivity contribution in [3.8, 4) is 0 Å². The van der Waals surface area contributed by atoms with E-state index in [2.05, 4.69) is 5.32 Å². The Morgan fingerprint density at radius 2 is 2.14 bits per heavy atom. The van der Waals surface area contributed by atoms with Gasteiger partial charge in [0.1, 0.15) is 0 Å². The summed E-state index contributed by atoms with van der Waals surface area (Å²) in [7, 11) is 0. The van der Waals surface area contributed by atoms with Gasteiger partial charge in [-0.2, -0.15) is 13.2 Å². The molecule has 1 atom stereocenters. The lowest BCUT2D eigenvalue weighted by Gasteiger charge is -2.35. The van der Waals surface area contributed by atoms with Gasteiger partial charge in [-0.1, -0.05) is 13.0 Å². The number of hydrogen-bond acceptors (Lipinski definition) is 3. The van der Waals surface area contributed by atoms with Gasteiger partial charge < -0.3 is 15.0 Å². The van der Waals surface area contributed by atoms with Gasteiger partial charge in [0.25, 0.3) is 0 Å². The molecule has 21 heavy (non-hydrogen) atoms. The SMILES string of the molecule is CCNCc1ccc(N2CCOCC2C)cc1C(F)(F)F. The predicted octanol–water partition coefficient (Wildman–Crippen LogP) is 3.04. The quantitative estimate of drug-likeness (QED) is 0.925. The molecule has 0 amide bonds. The fraction of sp³-hybridized carbons (Fsp3) is 0.600. The summed E-state index contributed by atoms with van der Waals surface area (Å²) < 4.78 is 45.1. The third-order valence-corrected chi connectivity index (χ3v) is 3.66. The fourth-order valence-electron chi connectivity index (χ4n) is 2.53. The van der Waals surface area contributed by atoms with E-state index in [9.17, 15) is 13.2 Å². The highest BCUT2D eigenvalue weighted by Gasteiger charge is 2.34. The number of anilines is 1. The van der Waals surface area contributed by atoms with Gasteiger partial charge in [-0.05, 0) is 31.2 Å². The van der Waals surface area contributed by atoms with Crippen molar-refractivity contribution in [1.82, 2.24) is 5.32 Å². The van der Waals surface area contributed by atoms with E-state index in [1.165, 1.54) is 6.07 Å². The first-order chi connectivity index (χ1) is 9.93. The second kappa shape index (κ2) is 6.66. The van der Waals surface area contributed by atoms with Crippen LogP contribution in [0.1, 0.15) is 25.0 Å². The molecule has 0 aliphatic carbocycles. The third-order valence-electron chi connectivity index (χ3n) is 3.66. The lowest BCUT2D eigenvalue weighted by Crippen LogP contribution is -2.43. The summed E-state index contributed by atoms with van der Waals surface area (Å²) in [6, 6.07) is 4.68. The summed E-state index contributed by atoms with van der Waals surface area (Å²) in [6.45, 7) is 6.40. The van der Waals surface area contributed by atoms with Crippen LogP contribution >= 0.6 is 0 Å². The van der Waals surface area contributed by atoms with E-state index in [0.29, 0.717) is 32.0 Å². The largest absolute Gasteiger partial charge is 0.416 e. The molecule has 1 fully saturated rings. The smallest absolute Gasteiger partial charge is 0.377 e. The molecule has 6 heteroatoms. The van der Waals surface area contributed by atoms with Crippen LogP contribution in [0.15, 0.2) is 18.2 Å². The van der Waals surface area contributed by atoms with Gasteiger partial charge in [0.2, 0.25) is 0 Å². The van der Waals surface area contributed by atoms with Crippen LogP contribution in [0.2, 0.25) is 0 Å². The predicted molar refractivity (Wildman–Crippen MR) is 76.5 cm³/mol.